The van der Waals surface area contributed by atoms with Crippen LogP contribution in [0.25, 0.3) is 0 Å². The van der Waals surface area contributed by atoms with Crippen LogP contribution >= 0.6 is 0 Å². The third-order valence-electron chi connectivity index (χ3n) is 4.97. The second-order valence-electron chi connectivity index (χ2n) is 10.5. The molecule has 0 radical (unpaired) electrons. The molecule has 0 spiro atoms. The Hall–Kier alpha value is -1.76. The Kier molecular flexibility index (Phi) is 8.17. The summed E-state index contributed by atoms with van der Waals surface area (Å²) in [5.74, 6) is -2.45. The molecule has 3 N–H and O–H groups in total. The van der Waals surface area contributed by atoms with E-state index in [1.807, 2.05) is 0 Å². The van der Waals surface area contributed by atoms with Crippen LogP contribution in [0, 0.1) is 16.2 Å². The fourth-order valence-corrected chi connectivity index (χ4v) is 3.52. The number of ketones is 2. The van der Waals surface area contributed by atoms with E-state index >= 15 is 0 Å². The Bertz CT molecular complexity index is 625. The van der Waals surface area contributed by atoms with Crippen molar-refractivity contribution in [2.75, 3.05) is 0 Å². The van der Waals surface area contributed by atoms with Gasteiger partial charge in [0.25, 0.3) is 0 Å². The predicted octanol–water partition coefficient (Wildman–Crippen LogP) is 3.30. The minimum absolute atomic E-state index is 0.0479. The largest absolute Gasteiger partial charge is 0.481 e. The third kappa shape index (κ3) is 7.34. The highest BCUT2D eigenvalue weighted by Crippen LogP contribution is 2.37. The Morgan fingerprint density at radius 3 is 1.64 bits per heavy atom. The summed E-state index contributed by atoms with van der Waals surface area (Å²) in [5, 5.41) is 21.8. The van der Waals surface area contributed by atoms with Crippen LogP contribution in [0.4, 0.5) is 0 Å². The third-order valence-corrected chi connectivity index (χ3v) is 4.97. The normalized spacial score (nSPS) is 14.5. The molecule has 162 valence electrons. The molecule has 1 atom stereocenters. The van der Waals surface area contributed by atoms with E-state index in [9.17, 15) is 29.4 Å². The van der Waals surface area contributed by atoms with Crippen LogP contribution in [0.5, 0.6) is 0 Å². The van der Waals surface area contributed by atoms with Crippen molar-refractivity contribution >= 4 is 23.5 Å². The van der Waals surface area contributed by atoms with E-state index in [0.29, 0.717) is 0 Å². The van der Waals surface area contributed by atoms with Crippen LogP contribution in [-0.2, 0) is 19.2 Å². The number of carboxylic acids is 2. The zero-order valence-electron chi connectivity index (χ0n) is 18.7. The van der Waals surface area contributed by atoms with E-state index in [4.69, 9.17) is 0 Å². The molecule has 0 aliphatic carbocycles. The van der Waals surface area contributed by atoms with Gasteiger partial charge in [-0.2, -0.15) is 0 Å². The first-order chi connectivity index (χ1) is 12.2. The molecule has 0 fully saturated rings. The van der Waals surface area contributed by atoms with Gasteiger partial charge in [0.1, 0.15) is 11.8 Å². The zero-order chi connectivity index (χ0) is 22.7. The summed E-state index contributed by atoms with van der Waals surface area (Å²) in [6.07, 6.45) is 0.274. The molecule has 0 saturated heterocycles. The molecule has 0 saturated carbocycles. The molecule has 0 aromatic heterocycles. The molecule has 0 aromatic carbocycles. The zero-order valence-corrected chi connectivity index (χ0v) is 18.7. The molecule has 0 amide bonds. The van der Waals surface area contributed by atoms with Gasteiger partial charge >= 0.3 is 11.9 Å². The maximum absolute atomic E-state index is 13.1. The SMILES string of the molecule is CC(C)(C)C(=O)CCC(NC(C)(C)C(=O)C(C)(C)CC(C)(C)C(=O)O)C(=O)O. The van der Waals surface area contributed by atoms with Crippen molar-refractivity contribution in [1.29, 1.82) is 0 Å². The van der Waals surface area contributed by atoms with Gasteiger partial charge in [-0.15, -0.1) is 0 Å². The summed E-state index contributed by atoms with van der Waals surface area (Å²) in [5.41, 5.74) is -3.84. The van der Waals surface area contributed by atoms with Crippen molar-refractivity contribution in [1.82, 2.24) is 5.32 Å². The first kappa shape index (κ1) is 26.2. The van der Waals surface area contributed by atoms with E-state index in [-0.39, 0.29) is 30.8 Å². The minimum atomic E-state index is -1.20. The van der Waals surface area contributed by atoms with Gasteiger partial charge in [-0.3, -0.25) is 24.5 Å². The van der Waals surface area contributed by atoms with Crippen LogP contribution in [0.2, 0.25) is 0 Å². The maximum atomic E-state index is 13.1. The lowest BCUT2D eigenvalue weighted by Gasteiger charge is -2.38. The lowest BCUT2D eigenvalue weighted by atomic mass is 9.68. The maximum Gasteiger partial charge on any atom is 0.320 e. The van der Waals surface area contributed by atoms with Crippen LogP contribution < -0.4 is 5.32 Å². The number of hydrogen-bond acceptors (Lipinski definition) is 5. The van der Waals surface area contributed by atoms with Gasteiger partial charge in [0.05, 0.1) is 11.0 Å². The van der Waals surface area contributed by atoms with Crippen LogP contribution in [0.1, 0.15) is 81.6 Å². The van der Waals surface area contributed by atoms with E-state index in [0.717, 1.165) is 0 Å². The number of carbonyl (C=O) groups is 4. The molecule has 28 heavy (non-hydrogen) atoms. The molecule has 0 aliphatic rings. The summed E-state index contributed by atoms with van der Waals surface area (Å²) >= 11 is 0. The minimum Gasteiger partial charge on any atom is -0.481 e. The van der Waals surface area contributed by atoms with Crippen molar-refractivity contribution in [3.05, 3.63) is 0 Å². The molecule has 7 heteroatoms. The number of rotatable bonds is 11. The highest BCUT2D eigenvalue weighted by atomic mass is 16.4. The number of carboxylic acid groups (broad SMARTS) is 2. The van der Waals surface area contributed by atoms with Gasteiger partial charge in [0.2, 0.25) is 0 Å². The van der Waals surface area contributed by atoms with E-state index in [1.165, 1.54) is 0 Å². The number of nitrogens with one attached hydrogen (secondary N) is 1. The first-order valence-corrected chi connectivity index (χ1v) is 9.56. The molecular weight excluding hydrogens is 362 g/mol. The lowest BCUT2D eigenvalue weighted by Crippen LogP contribution is -2.58. The lowest BCUT2D eigenvalue weighted by molar-refractivity contribution is -0.150. The number of carbonyl (C=O) groups excluding carboxylic acids is 2. The van der Waals surface area contributed by atoms with Crippen molar-refractivity contribution < 1.29 is 29.4 Å². The Balaban J connectivity index is 5.37. The quantitative estimate of drug-likeness (QED) is 0.487. The summed E-state index contributed by atoms with van der Waals surface area (Å²) < 4.78 is 0. The second-order valence-corrected chi connectivity index (χ2v) is 10.5. The summed E-state index contributed by atoms with van der Waals surface area (Å²) in [4.78, 5) is 48.4. The standard InChI is InChI=1S/C21H37NO6/c1-18(2,3)14(23)11-10-13(15(24)25)22-21(8,9)16(26)19(4,5)12-20(6,7)17(27)28/h13,22H,10-12H2,1-9H3,(H,24,25)(H,27,28). The smallest absolute Gasteiger partial charge is 0.320 e. The van der Waals surface area contributed by atoms with Crippen molar-refractivity contribution in [2.24, 2.45) is 16.2 Å². The van der Waals surface area contributed by atoms with E-state index in [1.54, 1.807) is 62.3 Å². The van der Waals surface area contributed by atoms with E-state index < -0.39 is 39.8 Å². The Labute approximate surface area is 168 Å². The molecule has 0 heterocycles. The number of Topliss-reactive ketones (excluding diaryl/α,β-unsaturated/α-hetero) is 2. The summed E-state index contributed by atoms with van der Waals surface area (Å²) in [7, 11) is 0. The average molecular weight is 400 g/mol. The Morgan fingerprint density at radius 2 is 1.29 bits per heavy atom. The molecule has 0 aliphatic heterocycles. The highest BCUT2D eigenvalue weighted by molar-refractivity contribution is 5.93. The Morgan fingerprint density at radius 1 is 0.821 bits per heavy atom. The molecular formula is C21H37NO6. The van der Waals surface area contributed by atoms with Crippen molar-refractivity contribution in [2.45, 2.75) is 93.2 Å². The van der Waals surface area contributed by atoms with Crippen LogP contribution in [0.3, 0.4) is 0 Å². The van der Waals surface area contributed by atoms with Gasteiger partial charge < -0.3 is 10.2 Å². The van der Waals surface area contributed by atoms with Gasteiger partial charge in [-0.1, -0.05) is 34.6 Å². The fourth-order valence-electron chi connectivity index (χ4n) is 3.52. The van der Waals surface area contributed by atoms with Crippen LogP contribution in [0.15, 0.2) is 0 Å². The molecule has 0 rings (SSSR count). The first-order valence-electron chi connectivity index (χ1n) is 9.56. The molecule has 7 nitrogen and oxygen atoms in total. The molecule has 0 bridgehead atoms. The second kappa shape index (κ2) is 8.72. The average Bonchev–Trinajstić information content (AvgIpc) is 2.47. The van der Waals surface area contributed by atoms with Gasteiger partial charge in [-0.05, 0) is 40.5 Å². The molecule has 0 aromatic rings. The summed E-state index contributed by atoms with van der Waals surface area (Å²) in [6, 6.07) is -1.06. The van der Waals surface area contributed by atoms with Gasteiger partial charge in [-0.25, -0.2) is 0 Å². The highest BCUT2D eigenvalue weighted by Gasteiger charge is 2.45. The van der Waals surface area contributed by atoms with Crippen molar-refractivity contribution in [3.63, 3.8) is 0 Å². The molecule has 1 unspecified atom stereocenters. The van der Waals surface area contributed by atoms with Gasteiger partial charge in [0.15, 0.2) is 5.78 Å². The number of aliphatic carboxylic acids is 2. The van der Waals surface area contributed by atoms with Crippen LogP contribution in [-0.4, -0.2) is 45.3 Å². The van der Waals surface area contributed by atoms with Crippen molar-refractivity contribution in [3.8, 4) is 0 Å². The topological polar surface area (TPSA) is 121 Å². The number of hydrogen-bond donors (Lipinski definition) is 3. The monoisotopic (exact) mass is 399 g/mol. The summed E-state index contributed by atoms with van der Waals surface area (Å²) in [6.45, 7) is 15.0. The van der Waals surface area contributed by atoms with E-state index in [2.05, 4.69) is 5.32 Å². The fraction of sp³-hybridized carbons (Fsp3) is 0.810. The van der Waals surface area contributed by atoms with Gasteiger partial charge in [0, 0.05) is 17.3 Å². The predicted molar refractivity (Wildman–Crippen MR) is 107 cm³/mol.